The van der Waals surface area contributed by atoms with E-state index in [2.05, 4.69) is 10.6 Å². The Labute approximate surface area is 202 Å². The summed E-state index contributed by atoms with van der Waals surface area (Å²) in [6.07, 6.45) is 6.24. The van der Waals surface area contributed by atoms with Gasteiger partial charge in [0.1, 0.15) is 12.8 Å². The van der Waals surface area contributed by atoms with Crippen LogP contribution in [0.15, 0.2) is 0 Å². The van der Waals surface area contributed by atoms with Crippen LogP contribution in [0.5, 0.6) is 0 Å². The minimum Gasteiger partial charge on any atom is -0.379 e. The Kier molecular flexibility index (Phi) is 22.9. The van der Waals surface area contributed by atoms with Crippen molar-refractivity contribution in [2.75, 3.05) is 66.4 Å². The first-order chi connectivity index (χ1) is 16.0. The Morgan fingerprint density at radius 3 is 2.09 bits per heavy atom. The van der Waals surface area contributed by atoms with Crippen molar-refractivity contribution in [3.63, 3.8) is 0 Å². The first-order valence-corrected chi connectivity index (χ1v) is 12.4. The molecule has 0 aromatic carbocycles. The Morgan fingerprint density at radius 1 is 0.879 bits per heavy atom. The van der Waals surface area contributed by atoms with Crippen LogP contribution < -0.4 is 10.6 Å². The van der Waals surface area contributed by atoms with Crippen molar-refractivity contribution in [2.24, 2.45) is 5.92 Å². The second-order valence-electron chi connectivity index (χ2n) is 8.24. The smallest absolute Gasteiger partial charge is 0.245 e. The van der Waals surface area contributed by atoms with Gasteiger partial charge in [-0.1, -0.05) is 20.3 Å². The molecule has 0 rings (SSSR count). The van der Waals surface area contributed by atoms with Crippen LogP contribution in [0, 0.1) is 5.92 Å². The minimum absolute atomic E-state index is 0. The van der Waals surface area contributed by atoms with Crippen molar-refractivity contribution in [1.29, 1.82) is 0 Å². The summed E-state index contributed by atoms with van der Waals surface area (Å²) in [6.45, 7) is 7.74. The molecule has 0 fully saturated rings. The summed E-state index contributed by atoms with van der Waals surface area (Å²) >= 11 is 0. The van der Waals surface area contributed by atoms with Crippen molar-refractivity contribution in [3.8, 4) is 0 Å². The molecule has 0 aliphatic carbocycles. The maximum absolute atomic E-state index is 13.8. The van der Waals surface area contributed by atoms with Crippen LogP contribution in [0.25, 0.3) is 0 Å². The average Bonchev–Trinajstić information content (AvgIpc) is 2.79. The third-order valence-corrected chi connectivity index (χ3v) is 4.98. The van der Waals surface area contributed by atoms with Gasteiger partial charge in [-0.15, -0.1) is 0 Å². The maximum Gasteiger partial charge on any atom is 0.245 e. The molecule has 2 atom stereocenters. The number of rotatable bonds is 24. The SMILES string of the molecule is CCCC(C)C(=O)NCC(F)COCCCCCOCCOCCCCCNC(=O)COC.[HH].[HH]. The van der Waals surface area contributed by atoms with Crippen LogP contribution in [0.3, 0.4) is 0 Å². The van der Waals surface area contributed by atoms with E-state index >= 15 is 0 Å². The van der Waals surface area contributed by atoms with Gasteiger partial charge in [0.05, 0.1) is 26.4 Å². The molecular weight excluding hydrogens is 431 g/mol. The lowest BCUT2D eigenvalue weighted by atomic mass is 10.1. The summed E-state index contributed by atoms with van der Waals surface area (Å²) in [4.78, 5) is 22.9. The molecular formula is C24H51FN2O6. The molecule has 0 radical (unpaired) electrons. The molecule has 2 amide bonds. The minimum atomic E-state index is -1.17. The number of hydrogen-bond donors (Lipinski definition) is 2. The molecule has 2 N–H and O–H groups in total. The average molecular weight is 483 g/mol. The van der Waals surface area contributed by atoms with Gasteiger partial charge in [0.25, 0.3) is 0 Å². The van der Waals surface area contributed by atoms with Gasteiger partial charge in [0.2, 0.25) is 11.8 Å². The first kappa shape index (κ1) is 31.7. The second kappa shape index (κ2) is 23.9. The van der Waals surface area contributed by atoms with Gasteiger partial charge in [0, 0.05) is 42.2 Å². The molecule has 0 saturated carbocycles. The molecule has 0 aromatic heterocycles. The zero-order valence-electron chi connectivity index (χ0n) is 21.0. The van der Waals surface area contributed by atoms with Crippen LogP contribution >= 0.6 is 0 Å². The predicted molar refractivity (Wildman–Crippen MR) is 131 cm³/mol. The molecule has 200 valence electrons. The lowest BCUT2D eigenvalue weighted by Gasteiger charge is -2.13. The molecule has 8 nitrogen and oxygen atoms in total. The number of hydrogen-bond acceptors (Lipinski definition) is 6. The lowest BCUT2D eigenvalue weighted by Crippen LogP contribution is -2.35. The van der Waals surface area contributed by atoms with E-state index < -0.39 is 6.17 Å². The van der Waals surface area contributed by atoms with Crippen LogP contribution in [-0.2, 0) is 28.5 Å². The second-order valence-corrected chi connectivity index (χ2v) is 8.24. The third-order valence-electron chi connectivity index (χ3n) is 4.98. The quantitative estimate of drug-likeness (QED) is 0.204. The number of amides is 2. The fraction of sp³-hybridized carbons (Fsp3) is 0.917. The first-order valence-electron chi connectivity index (χ1n) is 12.4. The zero-order valence-corrected chi connectivity index (χ0v) is 21.0. The molecule has 0 spiro atoms. The molecule has 33 heavy (non-hydrogen) atoms. The monoisotopic (exact) mass is 482 g/mol. The molecule has 0 saturated heterocycles. The fourth-order valence-electron chi connectivity index (χ4n) is 3.04. The highest BCUT2D eigenvalue weighted by atomic mass is 19.1. The summed E-state index contributed by atoms with van der Waals surface area (Å²) in [5.41, 5.74) is 0. The molecule has 2 unspecified atom stereocenters. The van der Waals surface area contributed by atoms with E-state index in [-0.39, 0.29) is 40.3 Å². The maximum atomic E-state index is 13.8. The fourth-order valence-corrected chi connectivity index (χ4v) is 3.04. The van der Waals surface area contributed by atoms with Gasteiger partial charge >= 0.3 is 0 Å². The summed E-state index contributed by atoms with van der Waals surface area (Å²) in [5, 5.41) is 5.43. The summed E-state index contributed by atoms with van der Waals surface area (Å²) in [6, 6.07) is 0. The normalized spacial score (nSPS) is 13.0. The van der Waals surface area contributed by atoms with Crippen molar-refractivity contribution in [2.45, 2.75) is 71.4 Å². The van der Waals surface area contributed by atoms with Crippen LogP contribution in [0.2, 0.25) is 0 Å². The van der Waals surface area contributed by atoms with Gasteiger partial charge in [-0.05, 0) is 44.9 Å². The number of carbonyl (C=O) groups is 2. The Hall–Kier alpha value is -1.29. The highest BCUT2D eigenvalue weighted by Crippen LogP contribution is 2.05. The number of unbranched alkanes of at least 4 members (excludes halogenated alkanes) is 4. The van der Waals surface area contributed by atoms with Crippen molar-refractivity contribution in [3.05, 3.63) is 0 Å². The lowest BCUT2D eigenvalue weighted by molar-refractivity contribution is -0.125. The van der Waals surface area contributed by atoms with Crippen molar-refractivity contribution in [1.82, 2.24) is 10.6 Å². The van der Waals surface area contributed by atoms with E-state index in [1.165, 1.54) is 7.11 Å². The summed E-state index contributed by atoms with van der Waals surface area (Å²) in [5.74, 6) is -0.248. The number of halogens is 1. The van der Waals surface area contributed by atoms with Crippen LogP contribution in [0.1, 0.15) is 68.1 Å². The van der Waals surface area contributed by atoms with Crippen molar-refractivity contribution >= 4 is 11.8 Å². The standard InChI is InChI=1S/C24H47FN2O6.2H2/c1-4-11-21(2)24(29)27-18-22(25)19-33-15-10-6-9-14-32-17-16-31-13-8-5-7-12-26-23(28)20-30-3;;/h21-22H,4-20H2,1-3H3,(H,26,28)(H,27,29);2*1H. The predicted octanol–water partition coefficient (Wildman–Crippen LogP) is 3.52. The third kappa shape index (κ3) is 22.3. The highest BCUT2D eigenvalue weighted by molar-refractivity contribution is 5.78. The molecule has 0 bridgehead atoms. The Balaban J connectivity index is -0.00000512. The van der Waals surface area contributed by atoms with Gasteiger partial charge in [0.15, 0.2) is 0 Å². The highest BCUT2D eigenvalue weighted by Gasteiger charge is 2.14. The van der Waals surface area contributed by atoms with E-state index in [1.54, 1.807) is 0 Å². The molecule has 0 heterocycles. The van der Waals surface area contributed by atoms with E-state index in [0.717, 1.165) is 51.4 Å². The van der Waals surface area contributed by atoms with E-state index in [1.807, 2.05) is 13.8 Å². The van der Waals surface area contributed by atoms with E-state index in [4.69, 9.17) is 18.9 Å². The number of carbonyl (C=O) groups excluding carboxylic acids is 2. The number of alkyl halides is 1. The Morgan fingerprint density at radius 2 is 1.48 bits per heavy atom. The number of methoxy groups -OCH3 is 1. The topological polar surface area (TPSA) is 95.1 Å². The summed E-state index contributed by atoms with van der Waals surface area (Å²) in [7, 11) is 1.50. The summed E-state index contributed by atoms with van der Waals surface area (Å²) < 4.78 is 34.9. The van der Waals surface area contributed by atoms with Crippen molar-refractivity contribution < 1.29 is 35.8 Å². The zero-order chi connectivity index (χ0) is 24.6. The molecule has 0 aliphatic heterocycles. The molecule has 0 aromatic rings. The number of ether oxygens (including phenoxy) is 4. The molecule has 0 aliphatic rings. The van der Waals surface area contributed by atoms with E-state index in [0.29, 0.717) is 39.6 Å². The van der Waals surface area contributed by atoms with Gasteiger partial charge in [-0.25, -0.2) is 4.39 Å². The van der Waals surface area contributed by atoms with Gasteiger partial charge in [-0.2, -0.15) is 0 Å². The Bertz CT molecular complexity index is 481. The molecule has 9 heteroatoms. The largest absolute Gasteiger partial charge is 0.379 e. The number of nitrogens with one attached hydrogen (secondary N) is 2. The van der Waals surface area contributed by atoms with Crippen LogP contribution in [-0.4, -0.2) is 84.4 Å². The van der Waals surface area contributed by atoms with Gasteiger partial charge in [-0.3, -0.25) is 9.59 Å². The van der Waals surface area contributed by atoms with Gasteiger partial charge < -0.3 is 29.6 Å². The van der Waals surface area contributed by atoms with E-state index in [9.17, 15) is 14.0 Å². The van der Waals surface area contributed by atoms with Crippen LogP contribution in [0.4, 0.5) is 4.39 Å².